The number of hydrogen-bond acceptors (Lipinski definition) is 2. The minimum atomic E-state index is -0.983. The monoisotopic (exact) mass is 303 g/mol. The Morgan fingerprint density at radius 1 is 1.23 bits per heavy atom. The van der Waals surface area contributed by atoms with E-state index >= 15 is 0 Å². The van der Waals surface area contributed by atoms with E-state index in [4.69, 9.17) is 10.2 Å². The fourth-order valence-electron chi connectivity index (χ4n) is 0.753. The molecule has 0 spiro atoms. The number of aromatic hydroxyl groups is 1. The molecule has 0 unspecified atom stereocenters. The third kappa shape index (κ3) is 4.88. The summed E-state index contributed by atoms with van der Waals surface area (Å²) in [4.78, 5) is 10.1. The van der Waals surface area contributed by atoms with Crippen LogP contribution in [0.2, 0.25) is 0 Å². The Kier molecular flexibility index (Phi) is 5.70. The van der Waals surface area contributed by atoms with E-state index in [1.54, 1.807) is 12.1 Å². The first-order valence-electron chi connectivity index (χ1n) is 3.38. The van der Waals surface area contributed by atoms with Crippen LogP contribution in [0.5, 0.6) is 5.75 Å². The van der Waals surface area contributed by atoms with Crippen molar-refractivity contribution in [2.75, 3.05) is 0 Å². The zero-order chi connectivity index (χ0) is 8.97. The number of carbonyl (C=O) groups is 1. The molecule has 65 valence electrons. The van der Waals surface area contributed by atoms with Crippen molar-refractivity contribution in [3.63, 3.8) is 0 Å². The first kappa shape index (κ1) is 12.4. The standard InChI is InChI=1S/C9H8O3.La/c10-8-4-1-7(2-5-8)3-6-9(11)12;/h1-6,10H,(H,11,12);/b6-3+;. The summed E-state index contributed by atoms with van der Waals surface area (Å²) < 4.78 is 0. The number of carboxylic acid groups (broad SMARTS) is 1. The number of carboxylic acids is 1. The van der Waals surface area contributed by atoms with Crippen LogP contribution in [-0.2, 0) is 4.79 Å². The Morgan fingerprint density at radius 3 is 2.23 bits per heavy atom. The molecular weight excluding hydrogens is 295 g/mol. The quantitative estimate of drug-likeness (QED) is 0.814. The molecule has 0 heterocycles. The SMILES string of the molecule is O=C(O)/C=C/c1ccc(O)cc1.[La]. The number of phenols is 1. The molecule has 0 amide bonds. The third-order valence-corrected chi connectivity index (χ3v) is 1.31. The van der Waals surface area contributed by atoms with E-state index < -0.39 is 5.97 Å². The number of aliphatic carboxylic acids is 1. The predicted octanol–water partition coefficient (Wildman–Crippen LogP) is 1.49. The van der Waals surface area contributed by atoms with Gasteiger partial charge in [-0.1, -0.05) is 12.1 Å². The van der Waals surface area contributed by atoms with Gasteiger partial charge in [-0.3, -0.25) is 0 Å². The van der Waals surface area contributed by atoms with E-state index in [9.17, 15) is 4.79 Å². The largest absolute Gasteiger partial charge is 0.508 e. The molecule has 0 atom stereocenters. The molecular formula is C9H8LaO3. The normalized spacial score (nSPS) is 9.54. The van der Waals surface area contributed by atoms with Gasteiger partial charge in [0.15, 0.2) is 0 Å². The van der Waals surface area contributed by atoms with E-state index in [1.165, 1.54) is 18.2 Å². The number of hydrogen-bond donors (Lipinski definition) is 2. The Bertz CT molecular complexity index is 303. The van der Waals surface area contributed by atoms with Crippen LogP contribution in [0.3, 0.4) is 0 Å². The molecule has 0 fully saturated rings. The number of benzene rings is 1. The number of phenolic OH excluding ortho intramolecular Hbond substituents is 1. The van der Waals surface area contributed by atoms with E-state index in [0.717, 1.165) is 11.6 Å². The number of rotatable bonds is 2. The molecule has 0 aromatic heterocycles. The van der Waals surface area contributed by atoms with Crippen LogP contribution in [0.4, 0.5) is 0 Å². The fraction of sp³-hybridized carbons (Fsp3) is 0. The van der Waals surface area contributed by atoms with Gasteiger partial charge in [0, 0.05) is 41.7 Å². The Balaban J connectivity index is 0.00000144. The van der Waals surface area contributed by atoms with E-state index in [1.807, 2.05) is 0 Å². The predicted molar refractivity (Wildman–Crippen MR) is 44.8 cm³/mol. The average molecular weight is 303 g/mol. The second kappa shape index (κ2) is 5.97. The second-order valence-corrected chi connectivity index (χ2v) is 2.26. The van der Waals surface area contributed by atoms with Crippen molar-refractivity contribution in [1.82, 2.24) is 0 Å². The first-order valence-corrected chi connectivity index (χ1v) is 3.38. The van der Waals surface area contributed by atoms with Crippen LogP contribution in [0.1, 0.15) is 5.56 Å². The van der Waals surface area contributed by atoms with Gasteiger partial charge in [-0.2, -0.15) is 0 Å². The molecule has 1 rings (SSSR count). The molecule has 0 saturated heterocycles. The molecule has 0 aliphatic rings. The van der Waals surface area contributed by atoms with E-state index in [0.29, 0.717) is 0 Å². The molecule has 13 heavy (non-hydrogen) atoms. The molecule has 0 aliphatic heterocycles. The molecule has 1 aromatic rings. The fourth-order valence-corrected chi connectivity index (χ4v) is 0.753. The van der Waals surface area contributed by atoms with Gasteiger partial charge >= 0.3 is 5.97 Å². The summed E-state index contributed by atoms with van der Waals surface area (Å²) in [5.41, 5.74) is 0.746. The minimum absolute atomic E-state index is 0. The Labute approximate surface area is 104 Å². The maximum absolute atomic E-state index is 10.1. The summed E-state index contributed by atoms with van der Waals surface area (Å²) in [7, 11) is 0. The molecule has 3 nitrogen and oxygen atoms in total. The van der Waals surface area contributed by atoms with E-state index in [2.05, 4.69) is 0 Å². The molecule has 0 saturated carbocycles. The molecule has 4 heteroatoms. The zero-order valence-corrected chi connectivity index (χ0v) is 10.5. The van der Waals surface area contributed by atoms with Crippen molar-refractivity contribution in [2.24, 2.45) is 0 Å². The van der Waals surface area contributed by atoms with Gasteiger partial charge in [-0.25, -0.2) is 4.79 Å². The Hall–Kier alpha value is -0.575. The van der Waals surface area contributed by atoms with Crippen LogP contribution < -0.4 is 0 Å². The van der Waals surface area contributed by atoms with Crippen molar-refractivity contribution in [3.8, 4) is 5.75 Å². The summed E-state index contributed by atoms with van der Waals surface area (Å²) in [6.45, 7) is 0. The first-order chi connectivity index (χ1) is 5.68. The van der Waals surface area contributed by atoms with Crippen LogP contribution in [0, 0.1) is 35.6 Å². The van der Waals surface area contributed by atoms with Gasteiger partial charge in [-0.15, -0.1) is 0 Å². The van der Waals surface area contributed by atoms with Crippen molar-refractivity contribution in [2.45, 2.75) is 0 Å². The summed E-state index contributed by atoms with van der Waals surface area (Å²) in [5, 5.41) is 17.2. The summed E-state index contributed by atoms with van der Waals surface area (Å²) in [6, 6.07) is 6.27. The van der Waals surface area contributed by atoms with Gasteiger partial charge in [0.25, 0.3) is 0 Å². The minimum Gasteiger partial charge on any atom is -0.508 e. The van der Waals surface area contributed by atoms with Gasteiger partial charge in [0.1, 0.15) is 5.75 Å². The molecule has 1 aromatic carbocycles. The molecule has 0 bridgehead atoms. The molecule has 2 N–H and O–H groups in total. The van der Waals surface area contributed by atoms with Crippen molar-refractivity contribution in [1.29, 1.82) is 0 Å². The van der Waals surface area contributed by atoms with Crippen LogP contribution in [-0.4, -0.2) is 16.2 Å². The van der Waals surface area contributed by atoms with Gasteiger partial charge in [-0.05, 0) is 23.8 Å². The Morgan fingerprint density at radius 2 is 1.77 bits per heavy atom. The maximum Gasteiger partial charge on any atom is 0.328 e. The summed E-state index contributed by atoms with van der Waals surface area (Å²) in [6.07, 6.45) is 2.51. The maximum atomic E-state index is 10.1. The van der Waals surface area contributed by atoms with Crippen LogP contribution in [0.15, 0.2) is 30.3 Å². The van der Waals surface area contributed by atoms with E-state index in [-0.39, 0.29) is 41.3 Å². The average Bonchev–Trinajstić information content (AvgIpc) is 2.03. The van der Waals surface area contributed by atoms with Gasteiger partial charge < -0.3 is 10.2 Å². The third-order valence-electron chi connectivity index (χ3n) is 1.31. The molecule has 0 aliphatic carbocycles. The van der Waals surface area contributed by atoms with Crippen molar-refractivity contribution in [3.05, 3.63) is 35.9 Å². The van der Waals surface area contributed by atoms with Gasteiger partial charge in [0.05, 0.1) is 0 Å². The van der Waals surface area contributed by atoms with Crippen LogP contribution >= 0.6 is 0 Å². The van der Waals surface area contributed by atoms with Crippen LogP contribution in [0.25, 0.3) is 6.08 Å². The smallest absolute Gasteiger partial charge is 0.328 e. The topological polar surface area (TPSA) is 57.5 Å². The van der Waals surface area contributed by atoms with Gasteiger partial charge in [0.2, 0.25) is 0 Å². The summed E-state index contributed by atoms with van der Waals surface area (Å²) in [5.74, 6) is -0.814. The van der Waals surface area contributed by atoms with Crippen molar-refractivity contribution >= 4 is 12.0 Å². The van der Waals surface area contributed by atoms with Crippen molar-refractivity contribution < 1.29 is 50.6 Å². The zero-order valence-electron chi connectivity index (χ0n) is 6.84. The molecule has 1 radical (unpaired) electrons. The summed E-state index contributed by atoms with van der Waals surface area (Å²) >= 11 is 0. The second-order valence-electron chi connectivity index (χ2n) is 2.26.